The van der Waals surface area contributed by atoms with Gasteiger partial charge in [-0.1, -0.05) is 12.1 Å². The van der Waals surface area contributed by atoms with Crippen molar-refractivity contribution in [1.82, 2.24) is 9.78 Å². The molecule has 4 rings (SSSR count). The van der Waals surface area contributed by atoms with Crippen molar-refractivity contribution in [1.29, 1.82) is 0 Å². The molecule has 0 aliphatic heterocycles. The van der Waals surface area contributed by atoms with Crippen LogP contribution >= 0.6 is 0 Å². The number of nitrogens with zero attached hydrogens (tertiary/aromatic N) is 4. The molecule has 1 aromatic carbocycles. The van der Waals surface area contributed by atoms with Crippen LogP contribution in [0.3, 0.4) is 0 Å². The summed E-state index contributed by atoms with van der Waals surface area (Å²) >= 11 is 0. The van der Waals surface area contributed by atoms with Crippen molar-refractivity contribution in [3.05, 3.63) is 59.8 Å². The number of hydrogen-bond donors (Lipinski definition) is 1. The Balaban J connectivity index is 1.63. The molecule has 0 amide bonds. The van der Waals surface area contributed by atoms with Crippen molar-refractivity contribution in [3.8, 4) is 0 Å². The number of halogens is 1. The molecule has 1 fully saturated rings. The summed E-state index contributed by atoms with van der Waals surface area (Å²) in [5, 5.41) is 5.40. The van der Waals surface area contributed by atoms with Gasteiger partial charge in [-0.05, 0) is 18.9 Å². The summed E-state index contributed by atoms with van der Waals surface area (Å²) in [4.78, 5) is 4.36. The van der Waals surface area contributed by atoms with Crippen molar-refractivity contribution in [3.63, 3.8) is 0 Å². The molecule has 0 unspecified atom stereocenters. The van der Waals surface area contributed by atoms with E-state index in [0.29, 0.717) is 29.5 Å². The van der Waals surface area contributed by atoms with Gasteiger partial charge in [0.2, 0.25) is 0 Å². The van der Waals surface area contributed by atoms with E-state index in [-0.39, 0.29) is 5.82 Å². The summed E-state index contributed by atoms with van der Waals surface area (Å²) in [6, 6.07) is 7.36. The topological polar surface area (TPSA) is 60.1 Å². The standard InChI is InChI=1S/C18H19FN5/c1-23-7-6-13-9-21-24(17(13)11-23)10-14-3-2-12(8-16(14)19)18(20)22-15-4-5-15/h2-3,6-9,11,15H,4-5,10H2,1H3,(H2,20,22)/q+1. The van der Waals surface area contributed by atoms with Gasteiger partial charge in [-0.25, -0.2) is 8.96 Å². The van der Waals surface area contributed by atoms with Crippen LogP contribution in [0.25, 0.3) is 10.9 Å². The Morgan fingerprint density at radius 3 is 3.00 bits per heavy atom. The first-order chi connectivity index (χ1) is 11.6. The molecule has 0 radical (unpaired) electrons. The molecule has 0 spiro atoms. The van der Waals surface area contributed by atoms with Gasteiger partial charge in [0.1, 0.15) is 24.2 Å². The van der Waals surface area contributed by atoms with E-state index in [1.54, 1.807) is 16.9 Å². The molecule has 24 heavy (non-hydrogen) atoms. The summed E-state index contributed by atoms with van der Waals surface area (Å²) in [7, 11) is 1.95. The summed E-state index contributed by atoms with van der Waals surface area (Å²) in [5.74, 6) is 0.130. The van der Waals surface area contributed by atoms with Gasteiger partial charge in [-0.2, -0.15) is 5.10 Å². The lowest BCUT2D eigenvalue weighted by molar-refractivity contribution is -0.670. The van der Waals surface area contributed by atoms with Crippen molar-refractivity contribution in [2.45, 2.75) is 25.4 Å². The van der Waals surface area contributed by atoms with E-state index < -0.39 is 0 Å². The number of aryl methyl sites for hydroxylation is 1. The second-order valence-corrected chi connectivity index (χ2v) is 6.30. The largest absolute Gasteiger partial charge is 0.383 e. The third-order valence-corrected chi connectivity index (χ3v) is 4.26. The zero-order valence-corrected chi connectivity index (χ0v) is 13.5. The van der Waals surface area contributed by atoms with E-state index in [4.69, 9.17) is 5.73 Å². The van der Waals surface area contributed by atoms with Crippen LogP contribution in [-0.4, -0.2) is 21.7 Å². The molecule has 0 saturated heterocycles. The molecule has 2 N–H and O–H groups in total. The molecule has 5 nitrogen and oxygen atoms in total. The molecule has 6 heteroatoms. The van der Waals surface area contributed by atoms with Crippen LogP contribution in [0.15, 0.2) is 47.8 Å². The minimum atomic E-state index is -0.287. The van der Waals surface area contributed by atoms with Gasteiger partial charge in [0, 0.05) is 22.6 Å². The monoisotopic (exact) mass is 324 g/mol. The van der Waals surface area contributed by atoms with Crippen LogP contribution in [0.5, 0.6) is 0 Å². The molecular formula is C18H19FN5+. The molecule has 3 aromatic rings. The lowest BCUT2D eigenvalue weighted by Gasteiger charge is -2.07. The quantitative estimate of drug-likeness (QED) is 0.453. The van der Waals surface area contributed by atoms with Crippen LogP contribution in [0, 0.1) is 5.82 Å². The van der Waals surface area contributed by atoms with Gasteiger partial charge >= 0.3 is 0 Å². The Bertz CT molecular complexity index is 940. The maximum absolute atomic E-state index is 14.5. The van der Waals surface area contributed by atoms with Crippen molar-refractivity contribution in [2.24, 2.45) is 17.8 Å². The SMILES string of the molecule is C[n+]1ccc2cnn(Cc3ccc(C(N)=NC4CC4)cc3F)c2c1. The highest BCUT2D eigenvalue weighted by molar-refractivity contribution is 5.97. The Morgan fingerprint density at radius 1 is 1.42 bits per heavy atom. The highest BCUT2D eigenvalue weighted by Crippen LogP contribution is 2.24. The van der Waals surface area contributed by atoms with Crippen LogP contribution in [0.4, 0.5) is 4.39 Å². The number of amidine groups is 1. The number of aliphatic imine (C=N–C) groups is 1. The highest BCUT2D eigenvalue weighted by Gasteiger charge is 2.21. The minimum Gasteiger partial charge on any atom is -0.383 e. The Labute approximate surface area is 139 Å². The maximum atomic E-state index is 14.5. The van der Waals surface area contributed by atoms with Crippen LogP contribution in [0.2, 0.25) is 0 Å². The lowest BCUT2D eigenvalue weighted by atomic mass is 10.1. The highest BCUT2D eigenvalue weighted by atomic mass is 19.1. The lowest BCUT2D eigenvalue weighted by Crippen LogP contribution is -2.26. The van der Waals surface area contributed by atoms with Crippen molar-refractivity contribution < 1.29 is 8.96 Å². The molecular weight excluding hydrogens is 305 g/mol. The molecule has 122 valence electrons. The number of rotatable bonds is 4. The normalized spacial score (nSPS) is 15.2. The first-order valence-corrected chi connectivity index (χ1v) is 8.03. The van der Waals surface area contributed by atoms with Crippen LogP contribution in [0.1, 0.15) is 24.0 Å². The molecule has 0 atom stereocenters. The predicted octanol–water partition coefficient (Wildman–Crippen LogP) is 1.92. The Kier molecular flexibility index (Phi) is 3.52. The average Bonchev–Trinajstić information content (AvgIpc) is 3.29. The fourth-order valence-electron chi connectivity index (χ4n) is 2.71. The molecule has 1 aliphatic rings. The van der Waals surface area contributed by atoms with Gasteiger partial charge in [-0.15, -0.1) is 0 Å². The molecule has 0 bridgehead atoms. The van der Waals surface area contributed by atoms with Crippen LogP contribution < -0.4 is 10.3 Å². The van der Waals surface area contributed by atoms with E-state index in [1.807, 2.05) is 36.1 Å². The molecule has 2 aromatic heterocycles. The number of nitrogens with two attached hydrogens (primary N) is 1. The van der Waals surface area contributed by atoms with Gasteiger partial charge in [-0.3, -0.25) is 9.67 Å². The van der Waals surface area contributed by atoms with Crippen LogP contribution in [-0.2, 0) is 13.6 Å². The smallest absolute Gasteiger partial charge is 0.194 e. The van der Waals surface area contributed by atoms with E-state index in [2.05, 4.69) is 10.1 Å². The maximum Gasteiger partial charge on any atom is 0.194 e. The van der Waals surface area contributed by atoms with E-state index in [0.717, 1.165) is 23.7 Å². The first-order valence-electron chi connectivity index (χ1n) is 8.03. The number of hydrogen-bond acceptors (Lipinski definition) is 2. The van der Waals surface area contributed by atoms with Crippen molar-refractivity contribution >= 4 is 16.7 Å². The van der Waals surface area contributed by atoms with E-state index in [1.165, 1.54) is 6.07 Å². The third kappa shape index (κ3) is 2.87. The van der Waals surface area contributed by atoms with Gasteiger partial charge in [0.05, 0.1) is 18.8 Å². The summed E-state index contributed by atoms with van der Waals surface area (Å²) < 4.78 is 18.2. The average molecular weight is 324 g/mol. The summed E-state index contributed by atoms with van der Waals surface area (Å²) in [6.07, 6.45) is 7.89. The number of aromatic nitrogens is 3. The van der Waals surface area contributed by atoms with E-state index in [9.17, 15) is 4.39 Å². The third-order valence-electron chi connectivity index (χ3n) is 4.26. The zero-order valence-electron chi connectivity index (χ0n) is 13.5. The zero-order chi connectivity index (χ0) is 16.7. The van der Waals surface area contributed by atoms with Gasteiger partial charge in [0.15, 0.2) is 12.4 Å². The predicted molar refractivity (Wildman–Crippen MR) is 90.2 cm³/mol. The van der Waals surface area contributed by atoms with Gasteiger partial charge in [0.25, 0.3) is 0 Å². The Hall–Kier alpha value is -2.76. The fraction of sp³-hybridized carbons (Fsp3) is 0.278. The first kappa shape index (κ1) is 14.8. The minimum absolute atomic E-state index is 0.287. The number of pyridine rings is 1. The number of fused-ring (bicyclic) bond motifs is 1. The fourth-order valence-corrected chi connectivity index (χ4v) is 2.71. The van der Waals surface area contributed by atoms with Crippen molar-refractivity contribution in [2.75, 3.05) is 0 Å². The second kappa shape index (κ2) is 5.70. The molecule has 1 saturated carbocycles. The second-order valence-electron chi connectivity index (χ2n) is 6.30. The van der Waals surface area contributed by atoms with Gasteiger partial charge < -0.3 is 5.73 Å². The molecule has 1 aliphatic carbocycles. The summed E-state index contributed by atoms with van der Waals surface area (Å²) in [5.41, 5.74) is 8.13. The molecule has 2 heterocycles. The summed E-state index contributed by atoms with van der Waals surface area (Å²) in [6.45, 7) is 0.374. The number of benzene rings is 1. The van der Waals surface area contributed by atoms with E-state index >= 15 is 0 Å². The Morgan fingerprint density at radius 2 is 2.25 bits per heavy atom.